The van der Waals surface area contributed by atoms with Crippen molar-refractivity contribution in [3.8, 4) is 10.7 Å². The highest BCUT2D eigenvalue weighted by atomic mass is 32.1. The molecule has 0 saturated carbocycles. The minimum absolute atomic E-state index is 0.157. The zero-order valence-corrected chi connectivity index (χ0v) is 15.0. The van der Waals surface area contributed by atoms with Gasteiger partial charge < -0.3 is 14.7 Å². The SMILES string of the molecule is O=C(C1CCCNC1)N1CCN(Cc2nc(-c3cccs3)no2)CC1. The van der Waals surface area contributed by atoms with Crippen molar-refractivity contribution in [3.05, 3.63) is 23.4 Å². The Hall–Kier alpha value is -1.77. The molecule has 1 amide bonds. The molecule has 8 heteroatoms. The molecule has 0 spiro atoms. The summed E-state index contributed by atoms with van der Waals surface area (Å²) in [5, 5.41) is 9.38. The third kappa shape index (κ3) is 3.91. The van der Waals surface area contributed by atoms with Crippen molar-refractivity contribution in [1.29, 1.82) is 0 Å². The van der Waals surface area contributed by atoms with Crippen LogP contribution in [0.4, 0.5) is 0 Å². The monoisotopic (exact) mass is 361 g/mol. The molecule has 4 rings (SSSR count). The summed E-state index contributed by atoms with van der Waals surface area (Å²) in [6.07, 6.45) is 2.11. The van der Waals surface area contributed by atoms with Crippen molar-refractivity contribution < 1.29 is 9.32 Å². The van der Waals surface area contributed by atoms with Crippen LogP contribution in [0, 0.1) is 5.92 Å². The van der Waals surface area contributed by atoms with Gasteiger partial charge in [-0.15, -0.1) is 11.3 Å². The van der Waals surface area contributed by atoms with E-state index in [4.69, 9.17) is 4.52 Å². The molecule has 25 heavy (non-hydrogen) atoms. The van der Waals surface area contributed by atoms with Gasteiger partial charge in [-0.05, 0) is 30.8 Å². The van der Waals surface area contributed by atoms with Crippen LogP contribution in [-0.4, -0.2) is 65.1 Å². The first-order valence-electron chi connectivity index (χ1n) is 8.88. The van der Waals surface area contributed by atoms with E-state index in [9.17, 15) is 4.79 Å². The Balaban J connectivity index is 1.28. The number of nitrogens with zero attached hydrogens (tertiary/aromatic N) is 4. The molecule has 134 valence electrons. The normalized spacial score (nSPS) is 22.2. The molecule has 1 atom stereocenters. The predicted octanol–water partition coefficient (Wildman–Crippen LogP) is 1.44. The molecule has 1 unspecified atom stereocenters. The molecule has 0 radical (unpaired) electrons. The largest absolute Gasteiger partial charge is 0.340 e. The van der Waals surface area contributed by atoms with Crippen LogP contribution in [-0.2, 0) is 11.3 Å². The van der Waals surface area contributed by atoms with Crippen LogP contribution < -0.4 is 5.32 Å². The lowest BCUT2D eigenvalue weighted by Gasteiger charge is -2.36. The minimum atomic E-state index is 0.157. The summed E-state index contributed by atoms with van der Waals surface area (Å²) in [4.78, 5) is 22.4. The number of carbonyl (C=O) groups is 1. The maximum atomic E-state index is 12.6. The van der Waals surface area contributed by atoms with E-state index in [0.717, 1.165) is 57.0 Å². The number of aromatic nitrogens is 2. The average Bonchev–Trinajstić information content (AvgIpc) is 3.34. The van der Waals surface area contributed by atoms with E-state index in [0.29, 0.717) is 24.2 Å². The maximum absolute atomic E-state index is 12.6. The molecule has 2 aromatic heterocycles. The second kappa shape index (κ2) is 7.63. The lowest BCUT2D eigenvalue weighted by atomic mass is 9.98. The van der Waals surface area contributed by atoms with Gasteiger partial charge in [0.2, 0.25) is 17.6 Å². The molecule has 7 nitrogen and oxygen atoms in total. The number of piperidine rings is 1. The van der Waals surface area contributed by atoms with Gasteiger partial charge in [0, 0.05) is 32.7 Å². The van der Waals surface area contributed by atoms with Crippen molar-refractivity contribution in [1.82, 2.24) is 25.3 Å². The predicted molar refractivity (Wildman–Crippen MR) is 95.1 cm³/mol. The fourth-order valence-corrected chi connectivity index (χ4v) is 4.11. The molecule has 2 saturated heterocycles. The van der Waals surface area contributed by atoms with E-state index in [1.54, 1.807) is 11.3 Å². The highest BCUT2D eigenvalue weighted by Gasteiger charge is 2.28. The number of piperazine rings is 1. The fraction of sp³-hybridized carbons (Fsp3) is 0.588. The van der Waals surface area contributed by atoms with E-state index in [1.165, 1.54) is 0 Å². The summed E-state index contributed by atoms with van der Waals surface area (Å²) in [6.45, 7) is 5.76. The van der Waals surface area contributed by atoms with Crippen LogP contribution >= 0.6 is 11.3 Å². The van der Waals surface area contributed by atoms with Crippen molar-refractivity contribution >= 4 is 17.2 Å². The van der Waals surface area contributed by atoms with Gasteiger partial charge in [0.15, 0.2) is 0 Å². The quantitative estimate of drug-likeness (QED) is 0.888. The first-order chi connectivity index (χ1) is 12.3. The number of thiophene rings is 1. The van der Waals surface area contributed by atoms with Crippen molar-refractivity contribution in [2.45, 2.75) is 19.4 Å². The number of amides is 1. The Kier molecular flexibility index (Phi) is 5.09. The fourth-order valence-electron chi connectivity index (χ4n) is 3.46. The number of hydrogen-bond acceptors (Lipinski definition) is 7. The molecule has 1 N–H and O–H groups in total. The summed E-state index contributed by atoms with van der Waals surface area (Å²) in [6, 6.07) is 3.97. The molecule has 2 aliphatic rings. The molecular weight excluding hydrogens is 338 g/mol. The summed E-state index contributed by atoms with van der Waals surface area (Å²) < 4.78 is 5.38. The van der Waals surface area contributed by atoms with Crippen molar-refractivity contribution in [2.75, 3.05) is 39.3 Å². The van der Waals surface area contributed by atoms with E-state index in [1.807, 2.05) is 22.4 Å². The Labute approximate surface area is 151 Å². The lowest BCUT2D eigenvalue weighted by Crippen LogP contribution is -2.51. The van der Waals surface area contributed by atoms with Crippen LogP contribution in [0.3, 0.4) is 0 Å². The van der Waals surface area contributed by atoms with Gasteiger partial charge in [0.25, 0.3) is 0 Å². The topological polar surface area (TPSA) is 74.5 Å². The maximum Gasteiger partial charge on any atom is 0.241 e. The van der Waals surface area contributed by atoms with Crippen LogP contribution in [0.5, 0.6) is 0 Å². The number of carbonyl (C=O) groups excluding carboxylic acids is 1. The Morgan fingerprint density at radius 2 is 2.24 bits per heavy atom. The van der Waals surface area contributed by atoms with Gasteiger partial charge in [0.1, 0.15) is 0 Å². The molecular formula is C17H23N5O2S. The van der Waals surface area contributed by atoms with Gasteiger partial charge in [-0.25, -0.2) is 0 Å². The van der Waals surface area contributed by atoms with E-state index >= 15 is 0 Å². The van der Waals surface area contributed by atoms with Crippen molar-refractivity contribution in [3.63, 3.8) is 0 Å². The summed E-state index contributed by atoms with van der Waals surface area (Å²) in [5.41, 5.74) is 0. The van der Waals surface area contributed by atoms with Crippen LogP contribution in [0.25, 0.3) is 10.7 Å². The van der Waals surface area contributed by atoms with E-state index < -0.39 is 0 Å². The third-order valence-corrected chi connectivity index (χ3v) is 5.76. The second-order valence-corrected chi connectivity index (χ2v) is 7.58. The number of nitrogens with one attached hydrogen (secondary N) is 1. The standard InChI is InChI=1S/C17H23N5O2S/c23-17(13-3-1-5-18-11-13)22-8-6-21(7-9-22)12-15-19-16(20-24-15)14-4-2-10-25-14/h2,4,10,13,18H,1,3,5-9,11-12H2. The van der Waals surface area contributed by atoms with Crippen LogP contribution in [0.1, 0.15) is 18.7 Å². The molecule has 0 aliphatic carbocycles. The zero-order valence-electron chi connectivity index (χ0n) is 14.2. The van der Waals surface area contributed by atoms with Gasteiger partial charge in [0.05, 0.1) is 17.3 Å². The third-order valence-electron chi connectivity index (χ3n) is 4.90. The highest BCUT2D eigenvalue weighted by molar-refractivity contribution is 7.13. The summed E-state index contributed by atoms with van der Waals surface area (Å²) in [5.74, 6) is 1.76. The first kappa shape index (κ1) is 16.7. The molecule has 4 heterocycles. The molecule has 0 bridgehead atoms. The zero-order chi connectivity index (χ0) is 17.1. The first-order valence-corrected chi connectivity index (χ1v) is 9.76. The van der Waals surface area contributed by atoms with E-state index in [2.05, 4.69) is 20.4 Å². The molecule has 2 fully saturated rings. The highest BCUT2D eigenvalue weighted by Crippen LogP contribution is 2.22. The van der Waals surface area contributed by atoms with Crippen LogP contribution in [0.15, 0.2) is 22.0 Å². The van der Waals surface area contributed by atoms with Gasteiger partial charge in [-0.3, -0.25) is 9.69 Å². The lowest BCUT2D eigenvalue weighted by molar-refractivity contribution is -0.138. The summed E-state index contributed by atoms with van der Waals surface area (Å²) >= 11 is 1.60. The minimum Gasteiger partial charge on any atom is -0.340 e. The Bertz CT molecular complexity index is 688. The van der Waals surface area contributed by atoms with Gasteiger partial charge >= 0.3 is 0 Å². The smallest absolute Gasteiger partial charge is 0.241 e. The van der Waals surface area contributed by atoms with Crippen molar-refractivity contribution in [2.24, 2.45) is 5.92 Å². The average molecular weight is 361 g/mol. The van der Waals surface area contributed by atoms with Gasteiger partial charge in [-0.2, -0.15) is 4.98 Å². The van der Waals surface area contributed by atoms with E-state index in [-0.39, 0.29) is 5.92 Å². The number of hydrogen-bond donors (Lipinski definition) is 1. The van der Waals surface area contributed by atoms with Gasteiger partial charge in [-0.1, -0.05) is 11.2 Å². The molecule has 2 aliphatic heterocycles. The Morgan fingerprint density at radius 1 is 1.36 bits per heavy atom. The summed E-state index contributed by atoms with van der Waals surface area (Å²) in [7, 11) is 0. The van der Waals surface area contributed by atoms with Crippen LogP contribution in [0.2, 0.25) is 0 Å². The molecule has 2 aromatic rings. The second-order valence-electron chi connectivity index (χ2n) is 6.63. The number of rotatable bonds is 4. The molecule has 0 aromatic carbocycles. The Morgan fingerprint density at radius 3 is 2.96 bits per heavy atom.